The summed E-state index contributed by atoms with van der Waals surface area (Å²) in [6.45, 7) is 3.05. The molecule has 1 saturated heterocycles. The van der Waals surface area contributed by atoms with Gasteiger partial charge >= 0.3 is 0 Å². The number of nitrogens with zero attached hydrogens (tertiary/aromatic N) is 3. The van der Waals surface area contributed by atoms with E-state index in [1.807, 2.05) is 7.05 Å². The highest BCUT2D eigenvalue weighted by molar-refractivity contribution is 8.00. The van der Waals surface area contributed by atoms with Crippen LogP contribution in [-0.4, -0.2) is 70.1 Å². The number of thioether (sulfide) groups is 1. The zero-order chi connectivity index (χ0) is 17.0. The van der Waals surface area contributed by atoms with Crippen molar-refractivity contribution in [2.24, 2.45) is 0 Å². The Balaban J connectivity index is 2.03. The third-order valence-corrected chi connectivity index (χ3v) is 5.63. The van der Waals surface area contributed by atoms with Gasteiger partial charge in [0.05, 0.1) is 26.4 Å². The lowest BCUT2D eigenvalue weighted by Crippen LogP contribution is -2.47. The molecule has 1 aliphatic heterocycles. The van der Waals surface area contributed by atoms with Gasteiger partial charge in [0.15, 0.2) is 0 Å². The lowest BCUT2D eigenvalue weighted by molar-refractivity contribution is -0.387. The maximum Gasteiger partial charge on any atom is 0.284 e. The molecule has 0 aromatic heterocycles. The van der Waals surface area contributed by atoms with E-state index in [-0.39, 0.29) is 17.3 Å². The molecule has 1 unspecified atom stereocenters. The molecule has 7 nitrogen and oxygen atoms in total. The Bertz CT molecular complexity index is 630. The Morgan fingerprint density at radius 2 is 2.00 bits per heavy atom. The number of nitro groups is 1. The third kappa shape index (κ3) is 4.76. The van der Waals surface area contributed by atoms with E-state index in [1.54, 1.807) is 17.0 Å². The zero-order valence-corrected chi connectivity index (χ0v) is 14.7. The largest absolute Gasteiger partial charge is 0.339 e. The maximum absolute atomic E-state index is 12.2. The molecule has 9 heteroatoms. The van der Waals surface area contributed by atoms with Crippen molar-refractivity contribution in [1.29, 1.82) is 0 Å². The summed E-state index contributed by atoms with van der Waals surface area (Å²) in [6.07, 6.45) is 1.47. The topological polar surface area (TPSA) is 83.8 Å². The lowest BCUT2D eigenvalue weighted by atomic mass is 10.3. The Labute approximate surface area is 141 Å². The van der Waals surface area contributed by atoms with Crippen LogP contribution in [0.25, 0.3) is 0 Å². The minimum Gasteiger partial charge on any atom is -0.339 e. The van der Waals surface area contributed by atoms with Crippen LogP contribution in [0.1, 0.15) is 0 Å². The quantitative estimate of drug-likeness (QED) is 0.447. The van der Waals surface area contributed by atoms with Crippen LogP contribution in [0, 0.1) is 10.1 Å². The molecule has 23 heavy (non-hydrogen) atoms. The molecule has 0 bridgehead atoms. The Morgan fingerprint density at radius 3 is 2.57 bits per heavy atom. The van der Waals surface area contributed by atoms with Gasteiger partial charge in [-0.2, -0.15) is 0 Å². The average Bonchev–Trinajstić information content (AvgIpc) is 2.52. The molecule has 0 aliphatic carbocycles. The number of carbonyl (C=O) groups is 1. The molecule has 0 saturated carbocycles. The summed E-state index contributed by atoms with van der Waals surface area (Å²) in [7, 11) is 0.735. The van der Waals surface area contributed by atoms with Gasteiger partial charge in [-0.25, -0.2) is 0 Å². The van der Waals surface area contributed by atoms with Gasteiger partial charge in [0.2, 0.25) is 5.91 Å². The third-order valence-electron chi connectivity index (χ3n) is 3.67. The summed E-state index contributed by atoms with van der Waals surface area (Å²) in [6, 6.07) is 4.49. The average molecular weight is 357 g/mol. The van der Waals surface area contributed by atoms with Crippen molar-refractivity contribution in [1.82, 2.24) is 9.80 Å². The first-order chi connectivity index (χ1) is 10.9. The number of amides is 1. The number of rotatable bonds is 5. The molecule has 1 heterocycles. The van der Waals surface area contributed by atoms with E-state index >= 15 is 0 Å². The van der Waals surface area contributed by atoms with Gasteiger partial charge in [-0.15, -0.1) is 11.8 Å². The van der Waals surface area contributed by atoms with Crippen LogP contribution >= 0.6 is 11.8 Å². The van der Waals surface area contributed by atoms with Crippen LogP contribution in [0.2, 0.25) is 0 Å². The number of hydrogen-bond acceptors (Lipinski definition) is 6. The summed E-state index contributed by atoms with van der Waals surface area (Å²) < 4.78 is 11.4. The highest BCUT2D eigenvalue weighted by Gasteiger charge is 2.21. The van der Waals surface area contributed by atoms with E-state index in [2.05, 4.69) is 4.90 Å². The first-order valence-corrected chi connectivity index (χ1v) is 9.64. The molecule has 1 aromatic rings. The van der Waals surface area contributed by atoms with E-state index in [9.17, 15) is 19.1 Å². The van der Waals surface area contributed by atoms with Crippen LogP contribution in [0.15, 0.2) is 28.0 Å². The highest BCUT2D eigenvalue weighted by atomic mass is 32.2. The standard InChI is InChI=1S/C14H19N3O4S2/c1-15-5-7-16(8-6-15)14(18)10-22-13-4-3-11(23(2)21)9-12(13)17(19)20/h3-4,9H,5-8,10H2,1-2H3. The maximum atomic E-state index is 12.2. The fraction of sp³-hybridized carbons (Fsp3) is 0.500. The SMILES string of the molecule is CN1CCN(C(=O)CSc2ccc(S(C)=O)cc2[N+](=O)[O-])CC1. The van der Waals surface area contributed by atoms with Gasteiger partial charge in [0.1, 0.15) is 0 Å². The van der Waals surface area contributed by atoms with Crippen LogP contribution in [-0.2, 0) is 15.6 Å². The van der Waals surface area contributed by atoms with Crippen molar-refractivity contribution in [2.75, 3.05) is 45.2 Å². The molecule has 1 atom stereocenters. The first kappa shape index (κ1) is 17.9. The number of carbonyl (C=O) groups excluding carboxylic acids is 1. The minimum atomic E-state index is -1.28. The molecule has 1 fully saturated rings. The Morgan fingerprint density at radius 1 is 1.35 bits per heavy atom. The number of nitro benzene ring substituents is 1. The summed E-state index contributed by atoms with van der Waals surface area (Å²) >= 11 is 1.15. The van der Waals surface area contributed by atoms with Crippen molar-refractivity contribution < 1.29 is 13.9 Å². The van der Waals surface area contributed by atoms with Gasteiger partial charge in [-0.1, -0.05) is 0 Å². The normalized spacial score (nSPS) is 17.0. The molecular weight excluding hydrogens is 338 g/mol. The number of likely N-dealkylation sites (N-methyl/N-ethyl adjacent to an activating group) is 1. The summed E-state index contributed by atoms with van der Waals surface area (Å²) in [5.41, 5.74) is -0.103. The van der Waals surface area contributed by atoms with E-state index in [1.165, 1.54) is 12.3 Å². The van der Waals surface area contributed by atoms with E-state index < -0.39 is 15.7 Å². The van der Waals surface area contributed by atoms with Crippen molar-refractivity contribution >= 4 is 34.2 Å². The smallest absolute Gasteiger partial charge is 0.284 e. The van der Waals surface area contributed by atoms with Gasteiger partial charge < -0.3 is 9.80 Å². The fourth-order valence-electron chi connectivity index (χ4n) is 2.23. The van der Waals surface area contributed by atoms with Crippen molar-refractivity contribution in [2.45, 2.75) is 9.79 Å². The van der Waals surface area contributed by atoms with Crippen LogP contribution in [0.4, 0.5) is 5.69 Å². The molecular formula is C14H19N3O4S2. The van der Waals surface area contributed by atoms with Gasteiger partial charge in [0.25, 0.3) is 5.69 Å². The number of piperazine rings is 1. The molecule has 1 amide bonds. The van der Waals surface area contributed by atoms with Gasteiger partial charge in [-0.3, -0.25) is 19.1 Å². The summed E-state index contributed by atoms with van der Waals surface area (Å²) in [5.74, 6) is 0.152. The molecule has 126 valence electrons. The predicted molar refractivity (Wildman–Crippen MR) is 90.2 cm³/mol. The minimum absolute atomic E-state index is 0.0134. The Kier molecular flexibility index (Phi) is 6.14. The lowest BCUT2D eigenvalue weighted by Gasteiger charge is -2.32. The van der Waals surface area contributed by atoms with Crippen LogP contribution in [0.5, 0.6) is 0 Å². The fourth-order valence-corrected chi connectivity index (χ4v) is 3.67. The first-order valence-electron chi connectivity index (χ1n) is 7.09. The molecule has 0 radical (unpaired) electrons. The molecule has 0 N–H and O–H groups in total. The second-order valence-electron chi connectivity index (χ2n) is 5.31. The predicted octanol–water partition coefficient (Wildman–Crippen LogP) is 1.20. The number of benzene rings is 1. The second kappa shape index (κ2) is 7.89. The van der Waals surface area contributed by atoms with E-state index in [4.69, 9.17) is 0 Å². The van der Waals surface area contributed by atoms with Crippen molar-refractivity contribution in [3.8, 4) is 0 Å². The van der Waals surface area contributed by atoms with Crippen LogP contribution in [0.3, 0.4) is 0 Å². The zero-order valence-electron chi connectivity index (χ0n) is 13.1. The monoisotopic (exact) mass is 357 g/mol. The summed E-state index contributed by atoms with van der Waals surface area (Å²) in [5, 5.41) is 11.2. The van der Waals surface area contributed by atoms with Crippen molar-refractivity contribution in [3.63, 3.8) is 0 Å². The molecule has 2 rings (SSSR count). The molecule has 0 spiro atoms. The van der Waals surface area contributed by atoms with Gasteiger partial charge in [0, 0.05) is 43.4 Å². The Hall–Kier alpha value is -1.45. The van der Waals surface area contributed by atoms with E-state index in [0.29, 0.717) is 22.9 Å². The highest BCUT2D eigenvalue weighted by Crippen LogP contribution is 2.31. The molecule has 1 aliphatic rings. The van der Waals surface area contributed by atoms with E-state index in [0.717, 1.165) is 24.9 Å². The second-order valence-corrected chi connectivity index (χ2v) is 7.71. The molecule has 1 aromatic carbocycles. The van der Waals surface area contributed by atoms with Gasteiger partial charge in [-0.05, 0) is 19.2 Å². The van der Waals surface area contributed by atoms with Crippen molar-refractivity contribution in [3.05, 3.63) is 28.3 Å². The number of hydrogen-bond donors (Lipinski definition) is 0. The summed E-state index contributed by atoms with van der Waals surface area (Å²) in [4.78, 5) is 27.6. The van der Waals surface area contributed by atoms with Crippen LogP contribution < -0.4 is 0 Å².